The minimum absolute atomic E-state index is 0.159. The van der Waals surface area contributed by atoms with Crippen LogP contribution in [-0.2, 0) is 6.54 Å². The van der Waals surface area contributed by atoms with Crippen molar-refractivity contribution in [2.75, 3.05) is 0 Å². The highest BCUT2D eigenvalue weighted by Gasteiger charge is 2.05. The van der Waals surface area contributed by atoms with Crippen LogP contribution >= 0.6 is 0 Å². The van der Waals surface area contributed by atoms with Gasteiger partial charge in [-0.05, 0) is 25.0 Å². The van der Waals surface area contributed by atoms with Crippen LogP contribution in [0.5, 0.6) is 0 Å². The molecule has 0 aromatic carbocycles. The molecule has 0 spiro atoms. The first-order chi connectivity index (χ1) is 7.20. The molecule has 0 unspecified atom stereocenters. The molecular formula is C12H16N2O. The van der Waals surface area contributed by atoms with Crippen LogP contribution in [0.25, 0.3) is 0 Å². The van der Waals surface area contributed by atoms with Gasteiger partial charge in [-0.1, -0.05) is 19.8 Å². The first-order valence-corrected chi connectivity index (χ1v) is 5.30. The van der Waals surface area contributed by atoms with E-state index in [1.165, 1.54) is 0 Å². The average Bonchev–Trinajstić information content (AvgIpc) is 2.22. The summed E-state index contributed by atoms with van der Waals surface area (Å²) in [5.41, 5.74) is 0.872. The van der Waals surface area contributed by atoms with Gasteiger partial charge in [0, 0.05) is 12.7 Å². The highest BCUT2D eigenvalue weighted by atomic mass is 16.1. The average molecular weight is 204 g/mol. The van der Waals surface area contributed by atoms with Crippen LogP contribution in [0.2, 0.25) is 0 Å². The SMILES string of the molecule is CCCCCn1ccc(C)c(C#N)c1=O. The van der Waals surface area contributed by atoms with Gasteiger partial charge >= 0.3 is 0 Å². The van der Waals surface area contributed by atoms with Gasteiger partial charge in [-0.3, -0.25) is 4.79 Å². The summed E-state index contributed by atoms with van der Waals surface area (Å²) < 4.78 is 1.63. The molecule has 0 radical (unpaired) electrons. The van der Waals surface area contributed by atoms with Gasteiger partial charge in [0.2, 0.25) is 0 Å². The zero-order valence-corrected chi connectivity index (χ0v) is 9.29. The fraction of sp³-hybridized carbons (Fsp3) is 0.500. The predicted octanol–water partition coefficient (Wildman–Crippen LogP) is 2.22. The lowest BCUT2D eigenvalue weighted by molar-refractivity contribution is 0.586. The van der Waals surface area contributed by atoms with Crippen molar-refractivity contribution in [2.45, 2.75) is 39.7 Å². The monoisotopic (exact) mass is 204 g/mol. The first-order valence-electron chi connectivity index (χ1n) is 5.30. The molecule has 1 rings (SSSR count). The van der Waals surface area contributed by atoms with E-state index < -0.39 is 0 Å². The molecule has 80 valence electrons. The van der Waals surface area contributed by atoms with Crippen molar-refractivity contribution in [2.24, 2.45) is 0 Å². The number of aryl methyl sites for hydroxylation is 2. The molecule has 0 aliphatic rings. The molecule has 1 aromatic heterocycles. The fourth-order valence-corrected chi connectivity index (χ4v) is 1.51. The molecule has 15 heavy (non-hydrogen) atoms. The number of nitrogens with zero attached hydrogens (tertiary/aromatic N) is 2. The molecule has 0 saturated carbocycles. The molecule has 0 atom stereocenters. The predicted molar refractivity (Wildman–Crippen MR) is 59.7 cm³/mol. The Morgan fingerprint density at radius 3 is 2.80 bits per heavy atom. The summed E-state index contributed by atoms with van der Waals surface area (Å²) in [7, 11) is 0. The summed E-state index contributed by atoms with van der Waals surface area (Å²) >= 11 is 0. The minimum atomic E-state index is -0.159. The van der Waals surface area contributed by atoms with Gasteiger partial charge in [0.15, 0.2) is 0 Å². The van der Waals surface area contributed by atoms with Gasteiger partial charge in [0.05, 0.1) is 0 Å². The first kappa shape index (κ1) is 11.5. The van der Waals surface area contributed by atoms with Crippen LogP contribution in [0, 0.1) is 18.3 Å². The normalized spacial score (nSPS) is 9.93. The molecule has 3 heteroatoms. The number of pyridine rings is 1. The van der Waals surface area contributed by atoms with Gasteiger partial charge in [-0.25, -0.2) is 0 Å². The van der Waals surface area contributed by atoms with Crippen LogP contribution in [0.3, 0.4) is 0 Å². The zero-order chi connectivity index (χ0) is 11.3. The smallest absolute Gasteiger partial charge is 0.268 e. The summed E-state index contributed by atoms with van der Waals surface area (Å²) in [4.78, 5) is 11.8. The second-order valence-corrected chi connectivity index (χ2v) is 3.69. The molecule has 0 amide bonds. The van der Waals surface area contributed by atoms with E-state index in [4.69, 9.17) is 5.26 Å². The van der Waals surface area contributed by atoms with Crippen molar-refractivity contribution < 1.29 is 0 Å². The fourth-order valence-electron chi connectivity index (χ4n) is 1.51. The number of unbranched alkanes of at least 4 members (excludes halogenated alkanes) is 2. The summed E-state index contributed by atoms with van der Waals surface area (Å²) in [6.45, 7) is 4.62. The number of hydrogen-bond donors (Lipinski definition) is 0. The Balaban J connectivity index is 2.92. The molecule has 0 saturated heterocycles. The largest absolute Gasteiger partial charge is 0.314 e. The Morgan fingerprint density at radius 1 is 1.47 bits per heavy atom. The van der Waals surface area contributed by atoms with Crippen LogP contribution in [-0.4, -0.2) is 4.57 Å². The molecule has 0 fully saturated rings. The second-order valence-electron chi connectivity index (χ2n) is 3.69. The van der Waals surface area contributed by atoms with Crippen LogP contribution in [0.4, 0.5) is 0 Å². The van der Waals surface area contributed by atoms with Gasteiger partial charge < -0.3 is 4.57 Å². The van der Waals surface area contributed by atoms with E-state index >= 15 is 0 Å². The van der Waals surface area contributed by atoms with Gasteiger partial charge in [0.1, 0.15) is 11.6 Å². The van der Waals surface area contributed by atoms with E-state index in [0.717, 1.165) is 24.8 Å². The van der Waals surface area contributed by atoms with Crippen LogP contribution in [0.15, 0.2) is 17.1 Å². The molecule has 0 bridgehead atoms. The maximum Gasteiger partial charge on any atom is 0.268 e. The molecule has 0 N–H and O–H groups in total. The van der Waals surface area contributed by atoms with Crippen molar-refractivity contribution in [1.82, 2.24) is 4.57 Å². The van der Waals surface area contributed by atoms with Crippen LogP contribution < -0.4 is 5.56 Å². The highest BCUT2D eigenvalue weighted by molar-refractivity contribution is 5.33. The molecule has 0 aliphatic heterocycles. The van der Waals surface area contributed by atoms with Crippen molar-refractivity contribution in [1.29, 1.82) is 5.26 Å². The van der Waals surface area contributed by atoms with Crippen LogP contribution in [0.1, 0.15) is 37.3 Å². The van der Waals surface area contributed by atoms with Gasteiger partial charge in [-0.2, -0.15) is 5.26 Å². The third-order valence-electron chi connectivity index (χ3n) is 2.49. The minimum Gasteiger partial charge on any atom is -0.314 e. The third-order valence-corrected chi connectivity index (χ3v) is 2.49. The topological polar surface area (TPSA) is 45.8 Å². The van der Waals surface area contributed by atoms with Gasteiger partial charge in [0.25, 0.3) is 5.56 Å². The second kappa shape index (κ2) is 5.35. The molecular weight excluding hydrogens is 188 g/mol. The zero-order valence-electron chi connectivity index (χ0n) is 9.29. The Morgan fingerprint density at radius 2 is 2.20 bits per heavy atom. The number of hydrogen-bond acceptors (Lipinski definition) is 2. The van der Waals surface area contributed by atoms with Gasteiger partial charge in [-0.15, -0.1) is 0 Å². The Kier molecular flexibility index (Phi) is 4.11. The van der Waals surface area contributed by atoms with E-state index in [1.54, 1.807) is 17.7 Å². The number of aromatic nitrogens is 1. The van der Waals surface area contributed by atoms with E-state index in [9.17, 15) is 4.79 Å². The van der Waals surface area contributed by atoms with Crippen molar-refractivity contribution in [3.63, 3.8) is 0 Å². The van der Waals surface area contributed by atoms with Crippen molar-refractivity contribution in [3.8, 4) is 6.07 Å². The summed E-state index contributed by atoms with van der Waals surface area (Å²) in [6.07, 6.45) is 5.01. The lowest BCUT2D eigenvalue weighted by Crippen LogP contribution is -2.22. The molecule has 0 aliphatic carbocycles. The van der Waals surface area contributed by atoms with E-state index in [1.807, 2.05) is 12.1 Å². The molecule has 1 aromatic rings. The highest BCUT2D eigenvalue weighted by Crippen LogP contribution is 2.02. The Bertz CT molecular complexity index is 426. The lowest BCUT2D eigenvalue weighted by Gasteiger charge is -2.06. The Labute approximate surface area is 90.0 Å². The standard InChI is InChI=1S/C12H16N2O/c1-3-4-5-7-14-8-6-10(2)11(9-13)12(14)15/h6,8H,3-5,7H2,1-2H3. The summed E-state index contributed by atoms with van der Waals surface area (Å²) in [6, 6.07) is 3.79. The molecule has 3 nitrogen and oxygen atoms in total. The van der Waals surface area contributed by atoms with Crippen molar-refractivity contribution in [3.05, 3.63) is 33.7 Å². The van der Waals surface area contributed by atoms with E-state index in [-0.39, 0.29) is 11.1 Å². The number of nitriles is 1. The summed E-state index contributed by atoms with van der Waals surface area (Å²) in [5, 5.41) is 8.83. The third kappa shape index (κ3) is 2.69. The summed E-state index contributed by atoms with van der Waals surface area (Å²) in [5.74, 6) is 0. The van der Waals surface area contributed by atoms with E-state index in [0.29, 0.717) is 6.54 Å². The quantitative estimate of drug-likeness (QED) is 0.706. The maximum absolute atomic E-state index is 11.8. The van der Waals surface area contributed by atoms with Crippen molar-refractivity contribution >= 4 is 0 Å². The lowest BCUT2D eigenvalue weighted by atomic mass is 10.1. The number of rotatable bonds is 4. The molecule has 1 heterocycles. The Hall–Kier alpha value is -1.56. The van der Waals surface area contributed by atoms with E-state index in [2.05, 4.69) is 6.92 Å². The maximum atomic E-state index is 11.8.